The van der Waals surface area contributed by atoms with Gasteiger partial charge in [0.15, 0.2) is 5.82 Å². The Hall–Kier alpha value is -2.90. The van der Waals surface area contributed by atoms with Gasteiger partial charge in [-0.3, -0.25) is 0 Å². The van der Waals surface area contributed by atoms with Gasteiger partial charge < -0.3 is 24.4 Å². The van der Waals surface area contributed by atoms with E-state index in [0.717, 1.165) is 24.8 Å². The molecule has 1 N–H and O–H groups in total. The van der Waals surface area contributed by atoms with Crippen molar-refractivity contribution < 1.29 is 14.2 Å². The number of halogens is 2. The number of nitriles is 1. The van der Waals surface area contributed by atoms with Crippen molar-refractivity contribution in [3.8, 4) is 28.8 Å². The van der Waals surface area contributed by atoms with Gasteiger partial charge in [-0.15, -0.1) is 0 Å². The number of ether oxygens (including phenoxy) is 3. The number of hydrogen-bond acceptors (Lipinski definition) is 9. The van der Waals surface area contributed by atoms with Crippen molar-refractivity contribution in [3.63, 3.8) is 0 Å². The molecule has 2 saturated heterocycles. The number of hydrogen-bond donors (Lipinski definition) is 1. The van der Waals surface area contributed by atoms with Gasteiger partial charge in [-0.1, -0.05) is 23.2 Å². The molecule has 2 atom stereocenters. The van der Waals surface area contributed by atoms with Crippen LogP contribution in [0.15, 0.2) is 18.3 Å². The first-order chi connectivity index (χ1) is 17.5. The molecule has 2 fully saturated rings. The van der Waals surface area contributed by atoms with Crippen molar-refractivity contribution in [1.82, 2.24) is 20.3 Å². The monoisotopic (exact) mass is 528 g/mol. The second kappa shape index (κ2) is 10.6. The average molecular weight is 529 g/mol. The van der Waals surface area contributed by atoms with Crippen LogP contribution in [0.4, 0.5) is 5.82 Å². The van der Waals surface area contributed by atoms with E-state index in [0.29, 0.717) is 82.2 Å². The number of anilines is 1. The lowest BCUT2D eigenvalue weighted by Gasteiger charge is -2.21. The first-order valence-corrected chi connectivity index (χ1v) is 12.5. The summed E-state index contributed by atoms with van der Waals surface area (Å²) in [6.07, 6.45) is 3.52. The predicted octanol–water partition coefficient (Wildman–Crippen LogP) is 4.24. The number of nitrogens with one attached hydrogen (secondary N) is 1. The zero-order valence-electron chi connectivity index (χ0n) is 20.1. The second-order valence-corrected chi connectivity index (χ2v) is 9.60. The van der Waals surface area contributed by atoms with E-state index in [1.54, 1.807) is 12.3 Å². The SMILES string of the molecule is COc1cc(OC)c(Cl)c(-c2cc3cnc(CN[C@H]4CCOC4)nc3c(N3CCC(C#N)C3)n2)c1Cl. The van der Waals surface area contributed by atoms with Crippen LogP contribution in [0.3, 0.4) is 0 Å². The minimum absolute atomic E-state index is 0.0695. The first-order valence-electron chi connectivity index (χ1n) is 11.7. The van der Waals surface area contributed by atoms with Gasteiger partial charge in [-0.05, 0) is 18.9 Å². The normalized spacial score (nSPS) is 19.6. The Morgan fingerprint density at radius 3 is 2.58 bits per heavy atom. The molecule has 11 heteroatoms. The van der Waals surface area contributed by atoms with Gasteiger partial charge in [-0.25, -0.2) is 15.0 Å². The van der Waals surface area contributed by atoms with Crippen LogP contribution < -0.4 is 19.7 Å². The lowest BCUT2D eigenvalue weighted by Crippen LogP contribution is -2.29. The van der Waals surface area contributed by atoms with Gasteiger partial charge in [0.2, 0.25) is 0 Å². The number of nitrogens with zero attached hydrogens (tertiary/aromatic N) is 5. The number of aromatic nitrogens is 3. The van der Waals surface area contributed by atoms with Crippen molar-refractivity contribution in [1.29, 1.82) is 5.26 Å². The number of methoxy groups -OCH3 is 2. The second-order valence-electron chi connectivity index (χ2n) is 8.84. The van der Waals surface area contributed by atoms with Crippen LogP contribution in [0.5, 0.6) is 11.5 Å². The third kappa shape index (κ3) is 4.74. The van der Waals surface area contributed by atoms with Crippen LogP contribution in [-0.4, -0.2) is 61.5 Å². The Morgan fingerprint density at radius 1 is 1.17 bits per heavy atom. The lowest BCUT2D eigenvalue weighted by atomic mass is 10.1. The van der Waals surface area contributed by atoms with E-state index >= 15 is 0 Å². The van der Waals surface area contributed by atoms with Crippen molar-refractivity contribution in [2.45, 2.75) is 25.4 Å². The highest BCUT2D eigenvalue weighted by Crippen LogP contribution is 2.46. The van der Waals surface area contributed by atoms with Crippen LogP contribution >= 0.6 is 23.2 Å². The molecule has 0 spiro atoms. The highest BCUT2D eigenvalue weighted by molar-refractivity contribution is 6.41. The molecule has 2 aliphatic rings. The summed E-state index contributed by atoms with van der Waals surface area (Å²) in [6.45, 7) is 3.25. The summed E-state index contributed by atoms with van der Waals surface area (Å²) in [5.74, 6) is 2.12. The molecule has 3 aromatic rings. The van der Waals surface area contributed by atoms with Crippen molar-refractivity contribution in [2.75, 3.05) is 45.4 Å². The molecule has 188 valence electrons. The summed E-state index contributed by atoms with van der Waals surface area (Å²) in [6, 6.07) is 6.18. The maximum absolute atomic E-state index is 9.48. The summed E-state index contributed by atoms with van der Waals surface area (Å²) in [5, 5.41) is 14.4. The molecule has 1 aromatic carbocycles. The molecule has 5 rings (SSSR count). The molecular weight excluding hydrogens is 503 g/mol. The largest absolute Gasteiger partial charge is 0.495 e. The number of fused-ring (bicyclic) bond motifs is 1. The van der Waals surface area contributed by atoms with Crippen molar-refractivity contribution in [3.05, 3.63) is 34.2 Å². The molecule has 1 unspecified atom stereocenters. The summed E-state index contributed by atoms with van der Waals surface area (Å²) >= 11 is 13.4. The van der Waals surface area contributed by atoms with Crippen LogP contribution in [0, 0.1) is 17.2 Å². The summed E-state index contributed by atoms with van der Waals surface area (Å²) in [7, 11) is 3.07. The predicted molar refractivity (Wildman–Crippen MR) is 138 cm³/mol. The van der Waals surface area contributed by atoms with E-state index in [2.05, 4.69) is 21.3 Å². The molecule has 0 amide bonds. The Labute approximate surface area is 219 Å². The summed E-state index contributed by atoms with van der Waals surface area (Å²) in [5.41, 5.74) is 1.76. The topological polar surface area (TPSA) is 105 Å². The molecule has 0 aliphatic carbocycles. The molecule has 2 aromatic heterocycles. The zero-order chi connectivity index (χ0) is 25.2. The Kier molecular flexibility index (Phi) is 7.30. The third-order valence-electron chi connectivity index (χ3n) is 6.58. The highest BCUT2D eigenvalue weighted by Gasteiger charge is 2.28. The van der Waals surface area contributed by atoms with Crippen LogP contribution in [0.1, 0.15) is 18.7 Å². The van der Waals surface area contributed by atoms with E-state index < -0.39 is 0 Å². The first kappa shape index (κ1) is 24.8. The third-order valence-corrected chi connectivity index (χ3v) is 7.33. The van der Waals surface area contributed by atoms with Gasteiger partial charge in [0.05, 0.1) is 55.1 Å². The van der Waals surface area contributed by atoms with Gasteiger partial charge in [0, 0.05) is 49.0 Å². The number of benzene rings is 1. The summed E-state index contributed by atoms with van der Waals surface area (Å²) < 4.78 is 16.3. The van der Waals surface area contributed by atoms with Gasteiger partial charge in [-0.2, -0.15) is 5.26 Å². The Balaban J connectivity index is 1.62. The van der Waals surface area contributed by atoms with E-state index in [1.165, 1.54) is 14.2 Å². The zero-order valence-corrected chi connectivity index (χ0v) is 21.6. The fourth-order valence-corrected chi connectivity index (χ4v) is 5.29. The molecule has 9 nitrogen and oxygen atoms in total. The van der Waals surface area contributed by atoms with Crippen molar-refractivity contribution >= 4 is 39.9 Å². The smallest absolute Gasteiger partial charge is 0.156 e. The van der Waals surface area contributed by atoms with E-state index in [1.807, 2.05) is 6.07 Å². The van der Waals surface area contributed by atoms with Gasteiger partial charge >= 0.3 is 0 Å². The van der Waals surface area contributed by atoms with E-state index in [-0.39, 0.29) is 5.92 Å². The van der Waals surface area contributed by atoms with Crippen LogP contribution in [-0.2, 0) is 11.3 Å². The average Bonchev–Trinajstić information content (AvgIpc) is 3.59. The minimum Gasteiger partial charge on any atom is -0.495 e. The van der Waals surface area contributed by atoms with Gasteiger partial charge in [0.1, 0.15) is 22.8 Å². The molecule has 4 heterocycles. The minimum atomic E-state index is -0.0695. The van der Waals surface area contributed by atoms with Crippen LogP contribution in [0.25, 0.3) is 22.2 Å². The lowest BCUT2D eigenvalue weighted by molar-refractivity contribution is 0.189. The van der Waals surface area contributed by atoms with Gasteiger partial charge in [0.25, 0.3) is 0 Å². The Morgan fingerprint density at radius 2 is 1.94 bits per heavy atom. The van der Waals surface area contributed by atoms with E-state index in [4.69, 9.17) is 47.4 Å². The fourth-order valence-electron chi connectivity index (χ4n) is 4.59. The van der Waals surface area contributed by atoms with Crippen molar-refractivity contribution in [2.24, 2.45) is 5.92 Å². The molecule has 0 radical (unpaired) electrons. The molecule has 0 bridgehead atoms. The molecular formula is C25H26Cl2N6O3. The molecule has 2 aliphatic heterocycles. The number of rotatable bonds is 7. The Bertz CT molecular complexity index is 1300. The fraction of sp³-hybridized carbons (Fsp3) is 0.440. The summed E-state index contributed by atoms with van der Waals surface area (Å²) in [4.78, 5) is 16.5. The molecule has 36 heavy (non-hydrogen) atoms. The van der Waals surface area contributed by atoms with E-state index in [9.17, 15) is 5.26 Å². The highest BCUT2D eigenvalue weighted by atomic mass is 35.5. The number of pyridine rings is 1. The maximum atomic E-state index is 9.48. The molecule has 0 saturated carbocycles. The maximum Gasteiger partial charge on any atom is 0.156 e. The standard InChI is InChI=1S/C25H26Cl2N6O3/c1-34-18-8-19(35-2)23(27)21(22(18)26)17-7-15-10-30-20(11-29-16-4-6-36-13-16)32-24(15)25(31-17)33-5-3-14(9-28)12-33/h7-8,10,14,16,29H,3-6,11-13H2,1-2H3/t14?,16-/m0/s1. The van der Waals surface area contributed by atoms with Crippen LogP contribution in [0.2, 0.25) is 10.0 Å². The quantitative estimate of drug-likeness (QED) is 0.481.